The topological polar surface area (TPSA) is 80.3 Å². The zero-order valence-electron chi connectivity index (χ0n) is 17.2. The van der Waals surface area contributed by atoms with Gasteiger partial charge in [0, 0.05) is 0 Å². The second kappa shape index (κ2) is 17.9. The summed E-state index contributed by atoms with van der Waals surface area (Å²) in [5.74, 6) is 0. The molecule has 27 heavy (non-hydrogen) atoms. The summed E-state index contributed by atoms with van der Waals surface area (Å²) in [7, 11) is -4.35. The van der Waals surface area contributed by atoms with Crippen LogP contribution in [0.1, 0.15) is 90.5 Å². The van der Waals surface area contributed by atoms with Crippen LogP contribution in [-0.4, -0.2) is 19.1 Å². The standard InChI is InChI=1S/C18H30O3S.C3H7O.Ti/c1-2-3-4-5-6-7-8-9-10-11-14-17-15-12-13-16-18(17)22(19,20)21;1-3(2)4;/h12-13,15-16H,2-11,14H2,1H3,(H,19,20,21);3H,1-2H3;/q;-1;+2/p-1. The van der Waals surface area contributed by atoms with Crippen molar-refractivity contribution in [3.8, 4) is 0 Å². The van der Waals surface area contributed by atoms with Gasteiger partial charge in [-0.05, 0) is 24.5 Å². The van der Waals surface area contributed by atoms with Gasteiger partial charge in [-0.15, -0.1) is 6.10 Å². The van der Waals surface area contributed by atoms with Crippen LogP contribution in [0.5, 0.6) is 0 Å². The van der Waals surface area contributed by atoms with Gasteiger partial charge in [-0.25, -0.2) is 8.42 Å². The Morgan fingerprint density at radius 2 is 1.26 bits per heavy atom. The number of hydrogen-bond acceptors (Lipinski definition) is 4. The second-order valence-corrected chi connectivity index (χ2v) is 8.39. The summed E-state index contributed by atoms with van der Waals surface area (Å²) in [6.07, 6.45) is 12.7. The quantitative estimate of drug-likeness (QED) is 0.270. The Labute approximate surface area is 181 Å². The molecule has 0 aromatic heterocycles. The van der Waals surface area contributed by atoms with E-state index >= 15 is 0 Å². The maximum absolute atomic E-state index is 11.2. The third-order valence-corrected chi connectivity index (χ3v) is 4.98. The molecule has 0 spiro atoms. The van der Waals surface area contributed by atoms with Crippen LogP contribution in [0.3, 0.4) is 0 Å². The average Bonchev–Trinajstić information content (AvgIpc) is 2.55. The van der Waals surface area contributed by atoms with Gasteiger partial charge in [0.25, 0.3) is 0 Å². The van der Waals surface area contributed by atoms with Crippen LogP contribution in [0.2, 0.25) is 0 Å². The number of aryl methyl sites for hydroxylation is 1. The van der Waals surface area contributed by atoms with E-state index in [1.165, 1.54) is 57.4 Å². The van der Waals surface area contributed by atoms with Crippen LogP contribution in [0.4, 0.5) is 0 Å². The van der Waals surface area contributed by atoms with E-state index in [1.807, 2.05) is 0 Å². The normalized spacial score (nSPS) is 10.9. The third kappa shape index (κ3) is 17.6. The summed E-state index contributed by atoms with van der Waals surface area (Å²) in [6, 6.07) is 6.56. The predicted molar refractivity (Wildman–Crippen MR) is 105 cm³/mol. The number of rotatable bonds is 12. The van der Waals surface area contributed by atoms with Crippen molar-refractivity contribution in [2.75, 3.05) is 0 Å². The Hall–Kier alpha value is -0.196. The molecule has 1 aromatic rings. The fourth-order valence-electron chi connectivity index (χ4n) is 2.76. The average molecular weight is 432 g/mol. The van der Waals surface area contributed by atoms with Crippen molar-refractivity contribution >= 4 is 10.1 Å². The molecular formula is C21H36O4STi. The van der Waals surface area contributed by atoms with E-state index < -0.39 is 16.2 Å². The summed E-state index contributed by atoms with van der Waals surface area (Å²) < 4.78 is 33.5. The molecule has 0 heterocycles. The molecule has 4 nitrogen and oxygen atoms in total. The van der Waals surface area contributed by atoms with Gasteiger partial charge in [0.05, 0.1) is 4.90 Å². The van der Waals surface area contributed by atoms with Gasteiger partial charge in [-0.1, -0.05) is 96.8 Å². The Morgan fingerprint density at radius 1 is 0.852 bits per heavy atom. The van der Waals surface area contributed by atoms with Crippen LogP contribution >= 0.6 is 0 Å². The van der Waals surface area contributed by atoms with Gasteiger partial charge in [-0.3, -0.25) is 0 Å². The maximum Gasteiger partial charge on any atom is 2.00 e. The van der Waals surface area contributed by atoms with Crippen molar-refractivity contribution in [3.05, 3.63) is 29.8 Å². The number of benzene rings is 1. The second-order valence-electron chi connectivity index (χ2n) is 7.04. The van der Waals surface area contributed by atoms with Gasteiger partial charge in [0.1, 0.15) is 10.1 Å². The number of unbranched alkanes of at least 4 members (excludes halogenated alkanes) is 9. The van der Waals surface area contributed by atoms with E-state index in [-0.39, 0.29) is 26.6 Å². The first kappa shape index (κ1) is 29.0. The molecule has 0 aliphatic carbocycles. The van der Waals surface area contributed by atoms with E-state index in [1.54, 1.807) is 32.0 Å². The minimum atomic E-state index is -4.35. The smallest absolute Gasteiger partial charge is 0.852 e. The first-order valence-electron chi connectivity index (χ1n) is 9.98. The molecule has 154 valence electrons. The Balaban J connectivity index is 0. The molecule has 0 fully saturated rings. The van der Waals surface area contributed by atoms with Crippen molar-refractivity contribution in [2.24, 2.45) is 0 Å². The Morgan fingerprint density at radius 3 is 1.70 bits per heavy atom. The molecule has 0 aliphatic heterocycles. The summed E-state index contributed by atoms with van der Waals surface area (Å²) in [5, 5.41) is 9.53. The Kier molecular flexibility index (Phi) is 19.2. The molecule has 0 saturated heterocycles. The van der Waals surface area contributed by atoms with Gasteiger partial charge < -0.3 is 9.66 Å². The van der Waals surface area contributed by atoms with Crippen LogP contribution in [0.25, 0.3) is 0 Å². The van der Waals surface area contributed by atoms with Crippen LogP contribution in [0.15, 0.2) is 29.2 Å². The first-order chi connectivity index (χ1) is 12.3. The minimum absolute atomic E-state index is 0. The predicted octanol–water partition coefficient (Wildman–Crippen LogP) is 4.81. The molecule has 0 bridgehead atoms. The van der Waals surface area contributed by atoms with Gasteiger partial charge in [0.15, 0.2) is 0 Å². The van der Waals surface area contributed by atoms with Crippen LogP contribution < -0.4 is 5.11 Å². The van der Waals surface area contributed by atoms with E-state index in [2.05, 4.69) is 6.92 Å². The van der Waals surface area contributed by atoms with E-state index in [4.69, 9.17) is 0 Å². The van der Waals surface area contributed by atoms with Crippen molar-refractivity contribution in [2.45, 2.75) is 102 Å². The number of hydrogen-bond donors (Lipinski definition) is 0. The van der Waals surface area contributed by atoms with Crippen molar-refractivity contribution in [3.63, 3.8) is 0 Å². The molecular weight excluding hydrogens is 396 g/mol. The molecule has 0 N–H and O–H groups in total. The zero-order chi connectivity index (χ0) is 19.8. The zero-order valence-corrected chi connectivity index (χ0v) is 19.6. The van der Waals surface area contributed by atoms with E-state index in [0.29, 0.717) is 12.0 Å². The van der Waals surface area contributed by atoms with Crippen molar-refractivity contribution in [1.29, 1.82) is 0 Å². The molecule has 0 aliphatic rings. The largest absolute Gasteiger partial charge is 2.00 e. The van der Waals surface area contributed by atoms with Crippen molar-refractivity contribution < 1.29 is 39.8 Å². The minimum Gasteiger partial charge on any atom is -0.852 e. The van der Waals surface area contributed by atoms with Crippen LogP contribution in [0, 0.1) is 0 Å². The summed E-state index contributed by atoms with van der Waals surface area (Å²) in [4.78, 5) is -0.0501. The molecule has 0 amide bonds. The van der Waals surface area contributed by atoms with Crippen LogP contribution in [-0.2, 0) is 38.3 Å². The molecule has 6 heteroatoms. The van der Waals surface area contributed by atoms with E-state index in [0.717, 1.165) is 12.8 Å². The van der Waals surface area contributed by atoms with Crippen molar-refractivity contribution in [1.82, 2.24) is 0 Å². The van der Waals surface area contributed by atoms with Gasteiger partial charge in [-0.2, -0.15) is 0 Å². The first-order valence-corrected chi connectivity index (χ1v) is 11.4. The van der Waals surface area contributed by atoms with Gasteiger partial charge in [0.2, 0.25) is 0 Å². The molecule has 0 radical (unpaired) electrons. The summed E-state index contributed by atoms with van der Waals surface area (Å²) in [6.45, 7) is 5.45. The maximum atomic E-state index is 11.2. The molecule has 0 unspecified atom stereocenters. The molecule has 0 atom stereocenters. The van der Waals surface area contributed by atoms with E-state index in [9.17, 15) is 18.1 Å². The molecule has 1 aromatic carbocycles. The van der Waals surface area contributed by atoms with Gasteiger partial charge >= 0.3 is 21.7 Å². The summed E-state index contributed by atoms with van der Waals surface area (Å²) in [5.41, 5.74) is 0.664. The Bertz CT molecular complexity index is 556. The molecule has 0 saturated carbocycles. The molecule has 1 rings (SSSR count). The SMILES string of the molecule is CC(C)[O-].CCCCCCCCCCCCc1ccccc1S(=O)(=O)[O-].[Ti+2]. The fourth-order valence-corrected chi connectivity index (χ4v) is 3.49. The fraction of sp³-hybridized carbons (Fsp3) is 0.714. The summed E-state index contributed by atoms with van der Waals surface area (Å²) >= 11 is 0. The monoisotopic (exact) mass is 432 g/mol. The third-order valence-electron chi connectivity index (χ3n) is 4.04.